The van der Waals surface area contributed by atoms with Gasteiger partial charge in [0.25, 0.3) is 0 Å². The molecule has 0 spiro atoms. The van der Waals surface area contributed by atoms with Gasteiger partial charge in [-0.15, -0.1) is 11.8 Å². The molecule has 3 nitrogen and oxygen atoms in total. The van der Waals surface area contributed by atoms with E-state index in [2.05, 4.69) is 24.4 Å². The molecule has 1 N–H and O–H groups in total. The minimum Gasteiger partial charge on any atom is -0.313 e. The molecule has 1 atom stereocenters. The highest BCUT2D eigenvalue weighted by atomic mass is 32.2. The predicted octanol–water partition coefficient (Wildman–Crippen LogP) is 2.50. The standard InChI is InChI=1S/C14H23NO2S2/c1-4-15-13(9-10-19(3,16)17)11-18-14-8-6-5-7-12(14)2/h5-8,13,15H,4,9-11H2,1-3H3. The molecule has 1 unspecified atom stereocenters. The Hall–Kier alpha value is -0.520. The lowest BCUT2D eigenvalue weighted by atomic mass is 10.2. The minimum atomic E-state index is -2.88. The topological polar surface area (TPSA) is 46.2 Å². The molecule has 108 valence electrons. The van der Waals surface area contributed by atoms with Crippen molar-refractivity contribution in [2.75, 3.05) is 24.3 Å². The van der Waals surface area contributed by atoms with Crippen LogP contribution in [0.3, 0.4) is 0 Å². The molecule has 0 saturated carbocycles. The quantitative estimate of drug-likeness (QED) is 0.749. The lowest BCUT2D eigenvalue weighted by Gasteiger charge is -2.17. The number of sulfone groups is 1. The van der Waals surface area contributed by atoms with Gasteiger partial charge in [0.1, 0.15) is 9.84 Å². The third-order valence-corrected chi connectivity index (χ3v) is 5.18. The Kier molecular flexibility index (Phi) is 6.89. The van der Waals surface area contributed by atoms with Gasteiger partial charge in [-0.1, -0.05) is 25.1 Å². The number of hydrogen-bond donors (Lipinski definition) is 1. The molecule has 0 aliphatic carbocycles. The van der Waals surface area contributed by atoms with E-state index in [1.54, 1.807) is 11.8 Å². The van der Waals surface area contributed by atoms with Crippen LogP contribution in [0.5, 0.6) is 0 Å². The van der Waals surface area contributed by atoms with Crippen molar-refractivity contribution in [3.05, 3.63) is 29.8 Å². The molecule has 0 amide bonds. The van der Waals surface area contributed by atoms with E-state index in [0.717, 1.165) is 12.3 Å². The van der Waals surface area contributed by atoms with Crippen LogP contribution in [0.4, 0.5) is 0 Å². The second-order valence-electron chi connectivity index (χ2n) is 4.75. The van der Waals surface area contributed by atoms with Gasteiger partial charge in [-0.3, -0.25) is 0 Å². The first-order valence-electron chi connectivity index (χ1n) is 6.52. The molecule has 0 aromatic heterocycles. The van der Waals surface area contributed by atoms with Gasteiger partial charge in [0, 0.05) is 22.9 Å². The van der Waals surface area contributed by atoms with Crippen LogP contribution >= 0.6 is 11.8 Å². The number of hydrogen-bond acceptors (Lipinski definition) is 4. The van der Waals surface area contributed by atoms with Crippen LogP contribution in [-0.2, 0) is 9.84 Å². The Morgan fingerprint density at radius 3 is 2.58 bits per heavy atom. The third kappa shape index (κ3) is 6.99. The molecular weight excluding hydrogens is 278 g/mol. The zero-order chi connectivity index (χ0) is 14.3. The molecular formula is C14H23NO2S2. The predicted molar refractivity (Wildman–Crippen MR) is 83.7 cm³/mol. The van der Waals surface area contributed by atoms with Crippen molar-refractivity contribution >= 4 is 21.6 Å². The Morgan fingerprint density at radius 1 is 1.32 bits per heavy atom. The summed E-state index contributed by atoms with van der Waals surface area (Å²) in [5, 5.41) is 3.36. The molecule has 0 saturated heterocycles. The van der Waals surface area contributed by atoms with E-state index in [-0.39, 0.29) is 11.8 Å². The summed E-state index contributed by atoms with van der Waals surface area (Å²) >= 11 is 1.79. The first kappa shape index (κ1) is 16.5. The Labute approximate surface area is 121 Å². The van der Waals surface area contributed by atoms with E-state index in [0.29, 0.717) is 6.42 Å². The summed E-state index contributed by atoms with van der Waals surface area (Å²) < 4.78 is 22.5. The molecule has 0 aliphatic rings. The lowest BCUT2D eigenvalue weighted by molar-refractivity contribution is 0.548. The zero-order valence-electron chi connectivity index (χ0n) is 11.8. The van der Waals surface area contributed by atoms with Crippen LogP contribution in [0.25, 0.3) is 0 Å². The first-order valence-corrected chi connectivity index (χ1v) is 9.56. The van der Waals surface area contributed by atoms with E-state index < -0.39 is 9.84 Å². The molecule has 0 radical (unpaired) electrons. The van der Waals surface area contributed by atoms with E-state index in [9.17, 15) is 8.42 Å². The second kappa shape index (κ2) is 7.92. The molecule has 1 aromatic rings. The van der Waals surface area contributed by atoms with Crippen molar-refractivity contribution in [1.82, 2.24) is 5.32 Å². The van der Waals surface area contributed by atoms with Crippen LogP contribution in [0.15, 0.2) is 29.2 Å². The maximum atomic E-state index is 11.2. The van der Waals surface area contributed by atoms with Gasteiger partial charge >= 0.3 is 0 Å². The van der Waals surface area contributed by atoms with Crippen LogP contribution in [0.2, 0.25) is 0 Å². The zero-order valence-corrected chi connectivity index (χ0v) is 13.5. The van der Waals surface area contributed by atoms with E-state index in [1.807, 2.05) is 19.1 Å². The van der Waals surface area contributed by atoms with E-state index in [1.165, 1.54) is 16.7 Å². The normalized spacial score (nSPS) is 13.4. The van der Waals surface area contributed by atoms with Crippen molar-refractivity contribution in [2.24, 2.45) is 0 Å². The average Bonchev–Trinajstić information content (AvgIpc) is 2.33. The average molecular weight is 301 g/mol. The fraction of sp³-hybridized carbons (Fsp3) is 0.571. The molecule has 0 heterocycles. The Balaban J connectivity index is 2.52. The van der Waals surface area contributed by atoms with Gasteiger partial charge in [0.15, 0.2) is 0 Å². The summed E-state index contributed by atoms with van der Waals surface area (Å²) in [5.41, 5.74) is 1.27. The molecule has 0 bridgehead atoms. The summed E-state index contributed by atoms with van der Waals surface area (Å²) in [6, 6.07) is 8.52. The van der Waals surface area contributed by atoms with Gasteiger partial charge in [-0.2, -0.15) is 0 Å². The highest BCUT2D eigenvalue weighted by molar-refractivity contribution is 7.99. The second-order valence-corrected chi connectivity index (χ2v) is 8.07. The fourth-order valence-corrected chi connectivity index (χ4v) is 3.65. The number of thioether (sulfide) groups is 1. The Bertz CT molecular complexity index is 486. The number of rotatable bonds is 8. The summed E-state index contributed by atoms with van der Waals surface area (Å²) in [6.45, 7) is 5.01. The number of benzene rings is 1. The fourth-order valence-electron chi connectivity index (χ4n) is 1.80. The van der Waals surface area contributed by atoms with Crippen LogP contribution < -0.4 is 5.32 Å². The summed E-state index contributed by atoms with van der Waals surface area (Å²) in [6.07, 6.45) is 1.97. The molecule has 19 heavy (non-hydrogen) atoms. The minimum absolute atomic E-state index is 0.240. The van der Waals surface area contributed by atoms with E-state index in [4.69, 9.17) is 0 Å². The maximum absolute atomic E-state index is 11.2. The van der Waals surface area contributed by atoms with Crippen molar-refractivity contribution in [1.29, 1.82) is 0 Å². The van der Waals surface area contributed by atoms with Gasteiger partial charge in [0.05, 0.1) is 5.75 Å². The monoisotopic (exact) mass is 301 g/mol. The first-order chi connectivity index (χ1) is 8.92. The number of aryl methyl sites for hydroxylation is 1. The van der Waals surface area contributed by atoms with Gasteiger partial charge in [0.2, 0.25) is 0 Å². The highest BCUT2D eigenvalue weighted by Crippen LogP contribution is 2.23. The Morgan fingerprint density at radius 2 is 2.00 bits per heavy atom. The van der Waals surface area contributed by atoms with Crippen molar-refractivity contribution < 1.29 is 8.42 Å². The summed E-state index contributed by atoms with van der Waals surface area (Å²) in [7, 11) is -2.88. The molecule has 0 aliphatic heterocycles. The molecule has 0 fully saturated rings. The smallest absolute Gasteiger partial charge is 0.147 e. The van der Waals surface area contributed by atoms with E-state index >= 15 is 0 Å². The number of nitrogens with one attached hydrogen (secondary N) is 1. The van der Waals surface area contributed by atoms with Gasteiger partial charge in [-0.05, 0) is 31.5 Å². The summed E-state index contributed by atoms with van der Waals surface area (Å²) in [5.74, 6) is 1.15. The molecule has 5 heteroatoms. The molecule has 1 rings (SSSR count). The van der Waals surface area contributed by atoms with Crippen molar-refractivity contribution in [3.8, 4) is 0 Å². The maximum Gasteiger partial charge on any atom is 0.147 e. The molecule has 1 aromatic carbocycles. The van der Waals surface area contributed by atoms with Crippen LogP contribution in [0, 0.1) is 6.92 Å². The lowest BCUT2D eigenvalue weighted by Crippen LogP contribution is -2.33. The van der Waals surface area contributed by atoms with Gasteiger partial charge < -0.3 is 5.32 Å². The summed E-state index contributed by atoms with van der Waals surface area (Å²) in [4.78, 5) is 1.27. The third-order valence-electron chi connectivity index (χ3n) is 2.86. The van der Waals surface area contributed by atoms with Gasteiger partial charge in [-0.25, -0.2) is 8.42 Å². The van der Waals surface area contributed by atoms with Crippen molar-refractivity contribution in [3.63, 3.8) is 0 Å². The van der Waals surface area contributed by atoms with Crippen LogP contribution in [0.1, 0.15) is 18.9 Å². The highest BCUT2D eigenvalue weighted by Gasteiger charge is 2.12. The SMILES string of the molecule is CCNC(CCS(C)(=O)=O)CSc1ccccc1C. The van der Waals surface area contributed by atoms with Crippen molar-refractivity contribution in [2.45, 2.75) is 31.2 Å². The largest absolute Gasteiger partial charge is 0.313 e. The van der Waals surface area contributed by atoms with Crippen LogP contribution in [-0.4, -0.2) is 38.8 Å².